The highest BCUT2D eigenvalue weighted by Crippen LogP contribution is 2.32. The average molecular weight is 591 g/mol. The largest absolute Gasteiger partial charge is 0.463 e. The smallest absolute Gasteiger partial charge is 0.303 e. The minimum atomic E-state index is -1.68. The molecule has 0 aromatic heterocycles. The summed E-state index contributed by atoms with van der Waals surface area (Å²) in [6.07, 6.45) is -7.55. The number of imide groups is 1. The Hall–Kier alpha value is -4.79. The summed E-state index contributed by atoms with van der Waals surface area (Å²) in [4.78, 5) is 86.6. The van der Waals surface area contributed by atoms with Crippen LogP contribution in [-0.4, -0.2) is 90.4 Å². The topological polar surface area (TPSA) is 190 Å². The Labute approximate surface area is 240 Å². The van der Waals surface area contributed by atoms with Crippen molar-refractivity contribution in [2.45, 2.75) is 65.3 Å². The first-order valence-electron chi connectivity index (χ1n) is 12.7. The van der Waals surface area contributed by atoms with Crippen molar-refractivity contribution < 1.29 is 62.0 Å². The third kappa shape index (κ3) is 7.90. The molecule has 1 saturated heterocycles. The van der Waals surface area contributed by atoms with Crippen LogP contribution in [0, 0.1) is 0 Å². The minimum Gasteiger partial charge on any atom is -0.463 e. The van der Waals surface area contributed by atoms with Crippen molar-refractivity contribution in [1.29, 1.82) is 0 Å². The maximum atomic E-state index is 13.1. The monoisotopic (exact) mass is 590 g/mol. The predicted octanol–water partition coefficient (Wildman–Crippen LogP) is 0.116. The highest BCUT2D eigenvalue weighted by molar-refractivity contribution is 6.09. The number of hydrogen-bond acceptors (Lipinski definition) is 13. The molecule has 1 aromatic rings. The van der Waals surface area contributed by atoms with Crippen molar-refractivity contribution in [3.63, 3.8) is 0 Å². The van der Waals surface area contributed by atoms with E-state index in [0.29, 0.717) is 0 Å². The van der Waals surface area contributed by atoms with Crippen molar-refractivity contribution in [1.82, 2.24) is 10.2 Å². The molecule has 5 atom stereocenters. The second kappa shape index (κ2) is 13.7. The fraction of sp³-hybridized carbons (Fsp3) is 0.444. The molecule has 1 fully saturated rings. The van der Waals surface area contributed by atoms with Crippen LogP contribution in [0.25, 0.3) is 0 Å². The molecule has 0 spiro atoms. The molecule has 15 heteroatoms. The third-order valence-corrected chi connectivity index (χ3v) is 5.90. The number of rotatable bonds is 9. The fourth-order valence-corrected chi connectivity index (χ4v) is 4.22. The number of carbonyl (C=O) groups is 7. The molecule has 42 heavy (non-hydrogen) atoms. The maximum Gasteiger partial charge on any atom is 0.303 e. The van der Waals surface area contributed by atoms with E-state index in [4.69, 9.17) is 28.4 Å². The van der Waals surface area contributed by atoms with Crippen molar-refractivity contribution in [2.24, 2.45) is 0 Å². The zero-order chi connectivity index (χ0) is 31.1. The van der Waals surface area contributed by atoms with Gasteiger partial charge >= 0.3 is 23.9 Å². The van der Waals surface area contributed by atoms with Gasteiger partial charge in [-0.1, -0.05) is 18.2 Å². The van der Waals surface area contributed by atoms with E-state index in [2.05, 4.69) is 5.32 Å². The third-order valence-electron chi connectivity index (χ3n) is 5.90. The van der Waals surface area contributed by atoms with E-state index in [9.17, 15) is 33.6 Å². The first-order chi connectivity index (χ1) is 19.8. The van der Waals surface area contributed by atoms with E-state index in [0.717, 1.165) is 39.5 Å². The van der Waals surface area contributed by atoms with Gasteiger partial charge in [-0.2, -0.15) is 0 Å². The number of amides is 3. The van der Waals surface area contributed by atoms with E-state index < -0.39 is 91.2 Å². The standard InChI is InChI=1S/C27H30N2O13/c1-13(30)29-11-19(21(26(29)36)28-25(35)18-9-7-6-8-10-18)41-27-24(40-17(5)34)23(39-16(4)33)22(38-15(3)32)20(42-27)12-37-14(2)31/h6-10,20,22-24,27H,11-12H2,1-5H3,(H,28,35). The van der Waals surface area contributed by atoms with Gasteiger partial charge in [0.2, 0.25) is 18.3 Å². The predicted molar refractivity (Wildman–Crippen MR) is 136 cm³/mol. The quantitative estimate of drug-likeness (QED) is 0.302. The summed E-state index contributed by atoms with van der Waals surface area (Å²) in [5, 5.41) is 2.44. The zero-order valence-corrected chi connectivity index (χ0v) is 23.4. The van der Waals surface area contributed by atoms with Crippen LogP contribution in [0.4, 0.5) is 0 Å². The number of carbonyl (C=O) groups excluding carboxylic acids is 7. The number of nitrogens with zero attached hydrogens (tertiary/aromatic N) is 1. The Kier molecular flexibility index (Phi) is 10.4. The summed E-state index contributed by atoms with van der Waals surface area (Å²) in [7, 11) is 0. The highest BCUT2D eigenvalue weighted by Gasteiger charge is 2.54. The second-order valence-corrected chi connectivity index (χ2v) is 9.21. The van der Waals surface area contributed by atoms with Crippen LogP contribution >= 0.6 is 0 Å². The maximum absolute atomic E-state index is 13.1. The molecule has 2 aliphatic heterocycles. The number of hydrogen-bond donors (Lipinski definition) is 1. The van der Waals surface area contributed by atoms with Crippen LogP contribution in [0.3, 0.4) is 0 Å². The molecule has 0 bridgehead atoms. The Bertz CT molecular complexity index is 1290. The van der Waals surface area contributed by atoms with Gasteiger partial charge in [0.1, 0.15) is 24.2 Å². The molecular weight excluding hydrogens is 560 g/mol. The van der Waals surface area contributed by atoms with Gasteiger partial charge in [0.15, 0.2) is 12.2 Å². The van der Waals surface area contributed by atoms with Gasteiger partial charge in [-0.15, -0.1) is 0 Å². The molecule has 3 amide bonds. The van der Waals surface area contributed by atoms with Gasteiger partial charge in [0.25, 0.3) is 11.8 Å². The fourth-order valence-electron chi connectivity index (χ4n) is 4.22. The molecule has 2 aliphatic rings. The molecule has 0 saturated carbocycles. The first kappa shape index (κ1) is 31.7. The molecular formula is C27H30N2O13. The average Bonchev–Trinajstić information content (AvgIpc) is 3.20. The molecule has 1 N–H and O–H groups in total. The summed E-state index contributed by atoms with van der Waals surface area (Å²) in [6.45, 7) is 4.49. The molecule has 2 heterocycles. The molecule has 3 rings (SSSR count). The number of ether oxygens (including phenoxy) is 6. The zero-order valence-electron chi connectivity index (χ0n) is 23.4. The van der Waals surface area contributed by atoms with Gasteiger partial charge in [-0.3, -0.25) is 38.5 Å². The van der Waals surface area contributed by atoms with E-state index in [-0.39, 0.29) is 11.3 Å². The molecule has 15 nitrogen and oxygen atoms in total. The Morgan fingerprint density at radius 2 is 1.40 bits per heavy atom. The van der Waals surface area contributed by atoms with Gasteiger partial charge in [0, 0.05) is 40.2 Å². The SMILES string of the molecule is CC(=O)OCC1OC(OC2=C(NC(=O)c3ccccc3)C(=O)N(C(C)=O)C2)C(OC(C)=O)C(OC(C)=O)C1OC(C)=O. The van der Waals surface area contributed by atoms with Gasteiger partial charge in [0.05, 0.1) is 6.54 Å². The molecule has 226 valence electrons. The van der Waals surface area contributed by atoms with Crippen LogP contribution in [-0.2, 0) is 57.2 Å². The van der Waals surface area contributed by atoms with E-state index in [1.807, 2.05) is 0 Å². The lowest BCUT2D eigenvalue weighted by atomic mass is 9.98. The lowest BCUT2D eigenvalue weighted by Gasteiger charge is -2.44. The molecule has 0 radical (unpaired) electrons. The molecule has 0 aliphatic carbocycles. The number of benzene rings is 1. The highest BCUT2D eigenvalue weighted by atomic mass is 16.7. The normalized spacial score (nSPS) is 23.5. The van der Waals surface area contributed by atoms with E-state index >= 15 is 0 Å². The van der Waals surface area contributed by atoms with E-state index in [1.54, 1.807) is 18.2 Å². The van der Waals surface area contributed by atoms with E-state index in [1.165, 1.54) is 12.1 Å². The Balaban J connectivity index is 2.05. The van der Waals surface area contributed by atoms with Crippen LogP contribution in [0.1, 0.15) is 45.0 Å². The summed E-state index contributed by atoms with van der Waals surface area (Å²) in [5.74, 6) is -5.73. The Morgan fingerprint density at radius 1 is 0.833 bits per heavy atom. The van der Waals surface area contributed by atoms with Gasteiger partial charge in [-0.05, 0) is 12.1 Å². The minimum absolute atomic E-state index is 0.200. The van der Waals surface area contributed by atoms with Crippen molar-refractivity contribution >= 4 is 41.6 Å². The number of nitrogens with one attached hydrogen (secondary N) is 1. The lowest BCUT2D eigenvalue weighted by molar-refractivity contribution is -0.300. The van der Waals surface area contributed by atoms with Crippen molar-refractivity contribution in [3.8, 4) is 0 Å². The van der Waals surface area contributed by atoms with Crippen molar-refractivity contribution in [2.75, 3.05) is 13.2 Å². The summed E-state index contributed by atoms with van der Waals surface area (Å²) < 4.78 is 32.9. The van der Waals surface area contributed by atoms with Crippen LogP contribution in [0.2, 0.25) is 0 Å². The summed E-state index contributed by atoms with van der Waals surface area (Å²) >= 11 is 0. The Morgan fingerprint density at radius 3 is 1.95 bits per heavy atom. The van der Waals surface area contributed by atoms with Crippen LogP contribution < -0.4 is 5.32 Å². The van der Waals surface area contributed by atoms with Crippen LogP contribution in [0.5, 0.6) is 0 Å². The number of esters is 4. The van der Waals surface area contributed by atoms with Crippen molar-refractivity contribution in [3.05, 3.63) is 47.4 Å². The first-order valence-corrected chi connectivity index (χ1v) is 12.7. The summed E-state index contributed by atoms with van der Waals surface area (Å²) in [5.41, 5.74) is -0.197. The summed E-state index contributed by atoms with van der Waals surface area (Å²) in [6, 6.07) is 7.90. The van der Waals surface area contributed by atoms with Crippen LogP contribution in [0.15, 0.2) is 41.8 Å². The van der Waals surface area contributed by atoms with Gasteiger partial charge < -0.3 is 33.7 Å². The molecule has 1 aromatic carbocycles. The van der Waals surface area contributed by atoms with Gasteiger partial charge in [-0.25, -0.2) is 0 Å². The lowest BCUT2D eigenvalue weighted by Crippen LogP contribution is -2.63. The second-order valence-electron chi connectivity index (χ2n) is 9.21. The molecule has 5 unspecified atom stereocenters.